The molecule has 0 atom stereocenters. The van der Waals surface area contributed by atoms with Crippen molar-refractivity contribution < 1.29 is 28.0 Å². The van der Waals surface area contributed by atoms with Gasteiger partial charge in [-0.3, -0.25) is 10.1 Å². The highest BCUT2D eigenvalue weighted by atomic mass is 19.3. The van der Waals surface area contributed by atoms with Gasteiger partial charge in [-0.15, -0.1) is 0 Å². The monoisotopic (exact) mass is 272 g/mol. The van der Waals surface area contributed by atoms with E-state index < -0.39 is 34.5 Å². The van der Waals surface area contributed by atoms with Crippen LogP contribution in [-0.4, -0.2) is 24.6 Å². The third-order valence-electron chi connectivity index (χ3n) is 2.02. The molecule has 0 saturated carbocycles. The number of hydrogen-bond acceptors (Lipinski definition) is 6. The topological polar surface area (TPSA) is 102 Å². The van der Waals surface area contributed by atoms with E-state index in [0.29, 0.717) is 0 Å². The molecular formula is C10H6F2N2O5. The van der Waals surface area contributed by atoms with Crippen molar-refractivity contribution in [3.63, 3.8) is 0 Å². The number of rotatable bonds is 4. The number of ether oxygens (including phenoxy) is 2. The molecule has 0 aliphatic carbocycles. The maximum Gasteiger partial charge on any atom is 0.387 e. The quantitative estimate of drug-likeness (QED) is 0.470. The van der Waals surface area contributed by atoms with Crippen molar-refractivity contribution in [3.05, 3.63) is 33.4 Å². The van der Waals surface area contributed by atoms with Crippen LogP contribution in [-0.2, 0) is 4.74 Å². The highest BCUT2D eigenvalue weighted by molar-refractivity contribution is 5.91. The van der Waals surface area contributed by atoms with Gasteiger partial charge in [0, 0.05) is 6.07 Å². The van der Waals surface area contributed by atoms with Gasteiger partial charge in [0.1, 0.15) is 11.6 Å². The number of carbonyl (C=O) groups excluding carboxylic acids is 1. The SMILES string of the molecule is COC(=O)c1cc(C#N)c([N+](=O)[O-])c(OC(F)F)c1. The van der Waals surface area contributed by atoms with Crippen LogP contribution in [0, 0.1) is 21.4 Å². The van der Waals surface area contributed by atoms with Gasteiger partial charge in [-0.1, -0.05) is 0 Å². The number of nitro benzene ring substituents is 1. The summed E-state index contributed by atoms with van der Waals surface area (Å²) in [5.74, 6) is -1.81. The van der Waals surface area contributed by atoms with E-state index in [0.717, 1.165) is 19.2 Å². The van der Waals surface area contributed by atoms with Crippen LogP contribution < -0.4 is 4.74 Å². The minimum Gasteiger partial charge on any atom is -0.465 e. The van der Waals surface area contributed by atoms with Gasteiger partial charge in [0.15, 0.2) is 0 Å². The zero-order chi connectivity index (χ0) is 14.6. The molecule has 0 N–H and O–H groups in total. The average Bonchev–Trinajstić information content (AvgIpc) is 2.35. The van der Waals surface area contributed by atoms with E-state index in [1.807, 2.05) is 0 Å². The molecule has 19 heavy (non-hydrogen) atoms. The number of hydrogen-bond donors (Lipinski definition) is 0. The Morgan fingerprint density at radius 1 is 1.53 bits per heavy atom. The van der Waals surface area contributed by atoms with Gasteiger partial charge in [0.05, 0.1) is 17.6 Å². The summed E-state index contributed by atoms with van der Waals surface area (Å²) >= 11 is 0. The Morgan fingerprint density at radius 2 is 2.16 bits per heavy atom. The number of nitriles is 1. The molecular weight excluding hydrogens is 266 g/mol. The Balaban J connectivity index is 3.50. The zero-order valence-electron chi connectivity index (χ0n) is 9.42. The average molecular weight is 272 g/mol. The standard InChI is InChI=1S/C10H6F2N2O5/c1-18-9(15)5-2-6(4-13)8(14(16)17)7(3-5)19-10(11)12/h2-3,10H,1H3. The number of benzene rings is 1. The number of nitrogens with zero attached hydrogens (tertiary/aromatic N) is 2. The van der Waals surface area contributed by atoms with Crippen LogP contribution >= 0.6 is 0 Å². The molecule has 1 aromatic carbocycles. The van der Waals surface area contributed by atoms with Crippen molar-refractivity contribution in [3.8, 4) is 11.8 Å². The number of esters is 1. The van der Waals surface area contributed by atoms with Crippen LogP contribution in [0.2, 0.25) is 0 Å². The Labute approximate surface area is 105 Å². The van der Waals surface area contributed by atoms with Crippen LogP contribution in [0.15, 0.2) is 12.1 Å². The molecule has 0 saturated heterocycles. The van der Waals surface area contributed by atoms with Gasteiger partial charge >= 0.3 is 18.3 Å². The first-order valence-corrected chi connectivity index (χ1v) is 4.66. The molecule has 9 heteroatoms. The summed E-state index contributed by atoms with van der Waals surface area (Å²) in [6.45, 7) is -3.34. The lowest BCUT2D eigenvalue weighted by atomic mass is 10.1. The van der Waals surface area contributed by atoms with Gasteiger partial charge < -0.3 is 9.47 Å². The van der Waals surface area contributed by atoms with E-state index in [1.165, 1.54) is 6.07 Å². The number of methoxy groups -OCH3 is 1. The number of nitro groups is 1. The van der Waals surface area contributed by atoms with Crippen molar-refractivity contribution in [2.24, 2.45) is 0 Å². The van der Waals surface area contributed by atoms with Crippen molar-refractivity contribution in [1.29, 1.82) is 5.26 Å². The first-order chi connectivity index (χ1) is 8.90. The van der Waals surface area contributed by atoms with Crippen LogP contribution in [0.3, 0.4) is 0 Å². The lowest BCUT2D eigenvalue weighted by Crippen LogP contribution is -2.09. The van der Waals surface area contributed by atoms with Crippen LogP contribution in [0.4, 0.5) is 14.5 Å². The van der Waals surface area contributed by atoms with Crippen molar-refractivity contribution in [2.45, 2.75) is 6.61 Å². The van der Waals surface area contributed by atoms with Crippen molar-refractivity contribution in [1.82, 2.24) is 0 Å². The summed E-state index contributed by atoms with van der Waals surface area (Å²) in [5, 5.41) is 19.5. The van der Waals surface area contributed by atoms with Crippen LogP contribution in [0.5, 0.6) is 5.75 Å². The van der Waals surface area contributed by atoms with Crippen LogP contribution in [0.25, 0.3) is 0 Å². The summed E-state index contributed by atoms with van der Waals surface area (Å²) in [4.78, 5) is 21.0. The molecule has 0 bridgehead atoms. The second kappa shape index (κ2) is 5.72. The van der Waals surface area contributed by atoms with Gasteiger partial charge in [0.25, 0.3) is 0 Å². The molecule has 1 rings (SSSR count). The molecule has 100 valence electrons. The predicted molar refractivity (Wildman–Crippen MR) is 55.8 cm³/mol. The molecule has 0 heterocycles. The van der Waals surface area contributed by atoms with E-state index in [4.69, 9.17) is 5.26 Å². The second-order valence-corrected chi connectivity index (χ2v) is 3.11. The highest BCUT2D eigenvalue weighted by Crippen LogP contribution is 2.33. The van der Waals surface area contributed by atoms with E-state index in [9.17, 15) is 23.7 Å². The second-order valence-electron chi connectivity index (χ2n) is 3.11. The molecule has 0 unspecified atom stereocenters. The van der Waals surface area contributed by atoms with E-state index >= 15 is 0 Å². The maximum absolute atomic E-state index is 12.2. The fourth-order valence-corrected chi connectivity index (χ4v) is 1.30. The summed E-state index contributed by atoms with van der Waals surface area (Å²) in [6, 6.07) is 3.02. The minimum absolute atomic E-state index is 0.305. The van der Waals surface area contributed by atoms with E-state index in [-0.39, 0.29) is 5.56 Å². The summed E-state index contributed by atoms with van der Waals surface area (Å²) < 4.78 is 32.6. The largest absolute Gasteiger partial charge is 0.465 e. The normalized spacial score (nSPS) is 9.84. The zero-order valence-corrected chi connectivity index (χ0v) is 9.42. The van der Waals surface area contributed by atoms with Gasteiger partial charge in [0.2, 0.25) is 5.75 Å². The molecule has 0 amide bonds. The molecule has 0 aliphatic heterocycles. The fraction of sp³-hybridized carbons (Fsp3) is 0.200. The highest BCUT2D eigenvalue weighted by Gasteiger charge is 2.26. The van der Waals surface area contributed by atoms with Crippen molar-refractivity contribution >= 4 is 11.7 Å². The van der Waals surface area contributed by atoms with Crippen molar-refractivity contribution in [2.75, 3.05) is 7.11 Å². The smallest absolute Gasteiger partial charge is 0.387 e. The molecule has 0 fully saturated rings. The molecule has 0 aliphatic rings. The number of halogens is 2. The first-order valence-electron chi connectivity index (χ1n) is 4.66. The number of alkyl halides is 2. The lowest BCUT2D eigenvalue weighted by Gasteiger charge is -2.08. The Kier molecular flexibility index (Phi) is 4.31. The van der Waals surface area contributed by atoms with Gasteiger partial charge in [-0.25, -0.2) is 4.79 Å². The van der Waals surface area contributed by atoms with Gasteiger partial charge in [-0.2, -0.15) is 14.0 Å². The minimum atomic E-state index is -3.34. The lowest BCUT2D eigenvalue weighted by molar-refractivity contribution is -0.386. The van der Waals surface area contributed by atoms with E-state index in [1.54, 1.807) is 0 Å². The first kappa shape index (κ1) is 14.3. The Morgan fingerprint density at radius 3 is 2.58 bits per heavy atom. The predicted octanol–water partition coefficient (Wildman–Crippen LogP) is 1.85. The summed E-state index contributed by atoms with van der Waals surface area (Å²) in [7, 11) is 1.03. The molecule has 7 nitrogen and oxygen atoms in total. The van der Waals surface area contributed by atoms with Crippen LogP contribution in [0.1, 0.15) is 15.9 Å². The maximum atomic E-state index is 12.2. The molecule has 0 spiro atoms. The third kappa shape index (κ3) is 3.12. The fourth-order valence-electron chi connectivity index (χ4n) is 1.30. The molecule has 1 aromatic rings. The Bertz CT molecular complexity index is 568. The molecule has 0 radical (unpaired) electrons. The summed E-state index contributed by atoms with van der Waals surface area (Å²) in [6.07, 6.45) is 0. The van der Waals surface area contributed by atoms with E-state index in [2.05, 4.69) is 9.47 Å². The van der Waals surface area contributed by atoms with Gasteiger partial charge in [-0.05, 0) is 6.07 Å². The Hall–Kier alpha value is -2.76. The third-order valence-corrected chi connectivity index (χ3v) is 2.02. The molecule has 0 aromatic heterocycles. The number of carbonyl (C=O) groups is 1. The summed E-state index contributed by atoms with van der Waals surface area (Å²) in [5.41, 5.74) is -1.82.